The minimum Gasteiger partial charge on any atom is -0.304 e. The predicted octanol–water partition coefficient (Wildman–Crippen LogP) is 6.38. The molecule has 10 heteroatoms. The topological polar surface area (TPSA) is 64.7 Å². The molecule has 0 saturated carbocycles. The third kappa shape index (κ3) is 4.86. The molecule has 3 heterocycles. The molecule has 0 saturated heterocycles. The Bertz CT molecular complexity index is 1310. The number of benzene rings is 1. The molecule has 0 unspecified atom stereocenters. The maximum absolute atomic E-state index is 12.7. The molecule has 6 nitrogen and oxygen atoms in total. The van der Waals surface area contributed by atoms with Gasteiger partial charge in [0.15, 0.2) is 5.82 Å². The largest absolute Gasteiger partial charge is 0.304 e. The van der Waals surface area contributed by atoms with Crippen LogP contribution in [-0.4, -0.2) is 25.5 Å². The monoisotopic (exact) mass is 507 g/mol. The van der Waals surface area contributed by atoms with E-state index in [1.807, 2.05) is 49.0 Å². The van der Waals surface area contributed by atoms with Crippen molar-refractivity contribution in [1.29, 1.82) is 0 Å². The fourth-order valence-corrected chi connectivity index (χ4v) is 4.70. The maximum atomic E-state index is 12.7. The number of nitrogens with one attached hydrogen (secondary N) is 1. The van der Waals surface area contributed by atoms with Crippen LogP contribution in [-0.2, 0) is 13.1 Å². The summed E-state index contributed by atoms with van der Waals surface area (Å²) < 4.78 is 3.63. The van der Waals surface area contributed by atoms with Gasteiger partial charge in [0.2, 0.25) is 0 Å². The number of carbonyl (C=O) groups excluding carboxylic acids is 1. The second kappa shape index (κ2) is 9.27. The van der Waals surface area contributed by atoms with Gasteiger partial charge in [-0.3, -0.25) is 14.2 Å². The lowest BCUT2D eigenvalue weighted by atomic mass is 10.2. The van der Waals surface area contributed by atoms with Gasteiger partial charge in [-0.15, -0.1) is 11.3 Å². The number of anilines is 1. The van der Waals surface area contributed by atoms with Crippen molar-refractivity contribution in [3.63, 3.8) is 0 Å². The standard InChI is InChI=1S/C22H20Cl3N5OS/c1-12-6-20(28-29(12)10-16-4-5-17(23)8-18(16)24)26-22(31)19-7-15(11-32-19)9-30-14(3)21(25)13(2)27-30/h4-8,11H,9-10H2,1-3H3,(H,26,28,31). The third-order valence-electron chi connectivity index (χ3n) is 5.06. The van der Waals surface area contributed by atoms with E-state index in [0.29, 0.717) is 38.9 Å². The van der Waals surface area contributed by atoms with E-state index in [1.165, 1.54) is 11.3 Å². The normalized spacial score (nSPS) is 11.2. The van der Waals surface area contributed by atoms with Gasteiger partial charge in [-0.25, -0.2) is 0 Å². The van der Waals surface area contributed by atoms with Crippen molar-refractivity contribution in [2.45, 2.75) is 33.9 Å². The van der Waals surface area contributed by atoms with E-state index in [0.717, 1.165) is 28.2 Å². The summed E-state index contributed by atoms with van der Waals surface area (Å²) >= 11 is 19.8. The summed E-state index contributed by atoms with van der Waals surface area (Å²) in [5.74, 6) is 0.277. The zero-order valence-corrected chi connectivity index (χ0v) is 20.7. The number of hydrogen-bond donors (Lipinski definition) is 1. The Kier molecular flexibility index (Phi) is 6.62. The molecule has 0 aliphatic rings. The van der Waals surface area contributed by atoms with E-state index in [-0.39, 0.29) is 5.91 Å². The van der Waals surface area contributed by atoms with Gasteiger partial charge in [-0.05, 0) is 55.5 Å². The average Bonchev–Trinajstić information content (AvgIpc) is 3.40. The quantitative estimate of drug-likeness (QED) is 0.329. The Hall–Kier alpha value is -2.32. The van der Waals surface area contributed by atoms with E-state index >= 15 is 0 Å². The summed E-state index contributed by atoms with van der Waals surface area (Å²) in [4.78, 5) is 13.3. The highest BCUT2D eigenvalue weighted by Gasteiger charge is 2.15. The Morgan fingerprint density at radius 1 is 1.03 bits per heavy atom. The first kappa shape index (κ1) is 22.9. The van der Waals surface area contributed by atoms with Crippen LogP contribution in [0.25, 0.3) is 0 Å². The fraction of sp³-hybridized carbons (Fsp3) is 0.227. The van der Waals surface area contributed by atoms with Crippen LogP contribution >= 0.6 is 46.1 Å². The molecule has 32 heavy (non-hydrogen) atoms. The number of amides is 1. The van der Waals surface area contributed by atoms with Crippen molar-refractivity contribution < 1.29 is 4.79 Å². The van der Waals surface area contributed by atoms with Crippen LogP contribution in [0.1, 0.15) is 37.9 Å². The molecule has 0 fully saturated rings. The Labute approximate surface area is 204 Å². The number of aromatic nitrogens is 4. The average molecular weight is 509 g/mol. The third-order valence-corrected chi connectivity index (χ3v) is 7.17. The molecule has 166 valence electrons. The van der Waals surface area contributed by atoms with E-state index in [4.69, 9.17) is 34.8 Å². The van der Waals surface area contributed by atoms with Crippen LogP contribution < -0.4 is 5.32 Å². The lowest BCUT2D eigenvalue weighted by Crippen LogP contribution is -2.12. The molecule has 0 radical (unpaired) electrons. The summed E-state index contributed by atoms with van der Waals surface area (Å²) in [5.41, 5.74) is 4.49. The minimum absolute atomic E-state index is 0.207. The zero-order valence-electron chi connectivity index (χ0n) is 17.6. The van der Waals surface area contributed by atoms with Gasteiger partial charge in [0.05, 0.1) is 34.4 Å². The molecule has 0 aliphatic heterocycles. The first-order valence-corrected chi connectivity index (χ1v) is 11.8. The van der Waals surface area contributed by atoms with Crippen LogP contribution in [0.15, 0.2) is 35.7 Å². The van der Waals surface area contributed by atoms with Crippen molar-refractivity contribution in [3.05, 3.63) is 83.9 Å². The summed E-state index contributed by atoms with van der Waals surface area (Å²) in [5, 5.41) is 15.6. The molecule has 0 spiro atoms. The first-order chi connectivity index (χ1) is 15.2. The second-order valence-electron chi connectivity index (χ2n) is 7.48. The highest BCUT2D eigenvalue weighted by atomic mass is 35.5. The molecule has 1 amide bonds. The Morgan fingerprint density at radius 2 is 1.81 bits per heavy atom. The van der Waals surface area contributed by atoms with Crippen molar-refractivity contribution in [3.8, 4) is 0 Å². The van der Waals surface area contributed by atoms with Crippen molar-refractivity contribution >= 4 is 57.9 Å². The minimum atomic E-state index is -0.207. The highest BCUT2D eigenvalue weighted by molar-refractivity contribution is 7.12. The van der Waals surface area contributed by atoms with Crippen LogP contribution in [0.3, 0.4) is 0 Å². The number of nitrogens with zero attached hydrogens (tertiary/aromatic N) is 4. The number of rotatable bonds is 6. The van der Waals surface area contributed by atoms with Gasteiger partial charge in [0.1, 0.15) is 0 Å². The molecule has 1 aromatic carbocycles. The summed E-state index contributed by atoms with van der Waals surface area (Å²) in [6.45, 7) is 6.76. The Morgan fingerprint density at radius 3 is 2.50 bits per heavy atom. The van der Waals surface area contributed by atoms with Gasteiger partial charge in [-0.1, -0.05) is 40.9 Å². The fourth-order valence-electron chi connectivity index (χ4n) is 3.30. The molecule has 4 aromatic rings. The maximum Gasteiger partial charge on any atom is 0.266 e. The summed E-state index contributed by atoms with van der Waals surface area (Å²) in [6, 6.07) is 9.05. The molecular formula is C22H20Cl3N5OS. The molecule has 0 bridgehead atoms. The van der Waals surface area contributed by atoms with Gasteiger partial charge < -0.3 is 5.32 Å². The van der Waals surface area contributed by atoms with Crippen LogP contribution in [0.4, 0.5) is 5.82 Å². The zero-order chi connectivity index (χ0) is 23.0. The smallest absolute Gasteiger partial charge is 0.266 e. The van der Waals surface area contributed by atoms with Crippen LogP contribution in [0.2, 0.25) is 15.1 Å². The number of carbonyl (C=O) groups is 1. The Balaban J connectivity index is 1.44. The molecular weight excluding hydrogens is 489 g/mol. The first-order valence-electron chi connectivity index (χ1n) is 9.78. The number of aryl methyl sites for hydroxylation is 2. The van der Waals surface area contributed by atoms with Crippen LogP contribution in [0, 0.1) is 20.8 Å². The molecule has 0 aliphatic carbocycles. The van der Waals surface area contributed by atoms with E-state index in [1.54, 1.807) is 16.8 Å². The van der Waals surface area contributed by atoms with Crippen LogP contribution in [0.5, 0.6) is 0 Å². The highest BCUT2D eigenvalue weighted by Crippen LogP contribution is 2.24. The van der Waals surface area contributed by atoms with E-state index in [2.05, 4.69) is 15.5 Å². The predicted molar refractivity (Wildman–Crippen MR) is 131 cm³/mol. The van der Waals surface area contributed by atoms with E-state index < -0.39 is 0 Å². The number of halogens is 3. The van der Waals surface area contributed by atoms with Gasteiger partial charge in [0.25, 0.3) is 5.91 Å². The lowest BCUT2D eigenvalue weighted by molar-refractivity contribution is 0.103. The van der Waals surface area contributed by atoms with Crippen molar-refractivity contribution in [2.75, 3.05) is 5.32 Å². The summed E-state index contributed by atoms with van der Waals surface area (Å²) in [6.07, 6.45) is 0. The SMILES string of the molecule is Cc1nn(Cc2csc(C(=O)Nc3cc(C)n(Cc4ccc(Cl)cc4Cl)n3)c2)c(C)c1Cl. The molecule has 3 aromatic heterocycles. The van der Waals surface area contributed by atoms with Gasteiger partial charge in [0, 0.05) is 21.8 Å². The van der Waals surface area contributed by atoms with Gasteiger partial charge >= 0.3 is 0 Å². The second-order valence-corrected chi connectivity index (χ2v) is 9.61. The summed E-state index contributed by atoms with van der Waals surface area (Å²) in [7, 11) is 0. The van der Waals surface area contributed by atoms with Gasteiger partial charge in [-0.2, -0.15) is 10.2 Å². The van der Waals surface area contributed by atoms with Crippen molar-refractivity contribution in [1.82, 2.24) is 19.6 Å². The number of hydrogen-bond acceptors (Lipinski definition) is 4. The van der Waals surface area contributed by atoms with E-state index in [9.17, 15) is 4.79 Å². The molecule has 4 rings (SSSR count). The molecule has 1 N–H and O–H groups in total. The molecule has 0 atom stereocenters. The lowest BCUT2D eigenvalue weighted by Gasteiger charge is -2.07. The number of thiophene rings is 1. The van der Waals surface area contributed by atoms with Crippen molar-refractivity contribution in [2.24, 2.45) is 0 Å².